The molecule has 0 spiro atoms. The van der Waals surface area contributed by atoms with Crippen LogP contribution >= 0.6 is 23.2 Å². The van der Waals surface area contributed by atoms with Gasteiger partial charge in [0.25, 0.3) is 0 Å². The van der Waals surface area contributed by atoms with E-state index in [2.05, 4.69) is 4.74 Å². The Bertz CT molecular complexity index is 609. The van der Waals surface area contributed by atoms with Crippen molar-refractivity contribution in [2.24, 2.45) is 0 Å². The van der Waals surface area contributed by atoms with E-state index in [4.69, 9.17) is 27.9 Å². The van der Waals surface area contributed by atoms with Crippen molar-refractivity contribution in [3.8, 4) is 5.75 Å². The molecule has 2 rings (SSSR count). The summed E-state index contributed by atoms with van der Waals surface area (Å²) in [7, 11) is 1.35. The number of carbonyl (C=O) groups is 1. The molecule has 0 aliphatic carbocycles. The van der Waals surface area contributed by atoms with Gasteiger partial charge in [-0.2, -0.15) is 0 Å². The zero-order valence-electron chi connectivity index (χ0n) is 10.7. The molecule has 0 amide bonds. The minimum absolute atomic E-state index is 0.350. The van der Waals surface area contributed by atoms with E-state index in [9.17, 15) is 4.79 Å². The maximum Gasteiger partial charge on any atom is 0.337 e. The Morgan fingerprint density at radius 2 is 1.80 bits per heavy atom. The quantitative estimate of drug-likeness (QED) is 0.787. The van der Waals surface area contributed by atoms with Gasteiger partial charge >= 0.3 is 5.97 Å². The Hall–Kier alpha value is -1.71. The fraction of sp³-hybridized carbons (Fsp3) is 0.133. The van der Waals surface area contributed by atoms with Gasteiger partial charge in [0.1, 0.15) is 12.4 Å². The van der Waals surface area contributed by atoms with Crippen LogP contribution in [0, 0.1) is 0 Å². The molecule has 0 aliphatic heterocycles. The minimum Gasteiger partial charge on any atom is -0.487 e. The lowest BCUT2D eigenvalue weighted by Gasteiger charge is -2.08. The largest absolute Gasteiger partial charge is 0.487 e. The SMILES string of the molecule is COC(=O)c1ccc(COc2ccc(Cl)cc2Cl)cc1. The van der Waals surface area contributed by atoms with Crippen LogP contribution in [0.2, 0.25) is 10.0 Å². The Labute approximate surface area is 127 Å². The Morgan fingerprint density at radius 1 is 1.10 bits per heavy atom. The van der Waals surface area contributed by atoms with Crippen molar-refractivity contribution in [2.75, 3.05) is 7.11 Å². The Balaban J connectivity index is 2.02. The van der Waals surface area contributed by atoms with E-state index in [1.54, 1.807) is 42.5 Å². The first-order chi connectivity index (χ1) is 9.60. The van der Waals surface area contributed by atoms with E-state index in [0.29, 0.717) is 28.0 Å². The topological polar surface area (TPSA) is 35.5 Å². The molecule has 0 saturated heterocycles. The molecule has 0 heterocycles. The molecule has 0 atom stereocenters. The van der Waals surface area contributed by atoms with Crippen molar-refractivity contribution in [2.45, 2.75) is 6.61 Å². The molecule has 20 heavy (non-hydrogen) atoms. The number of esters is 1. The normalized spacial score (nSPS) is 10.2. The van der Waals surface area contributed by atoms with Crippen LogP contribution in [0.15, 0.2) is 42.5 Å². The Kier molecular flexibility index (Phi) is 4.88. The van der Waals surface area contributed by atoms with Gasteiger partial charge in [-0.1, -0.05) is 35.3 Å². The van der Waals surface area contributed by atoms with Gasteiger partial charge in [-0.3, -0.25) is 0 Å². The summed E-state index contributed by atoms with van der Waals surface area (Å²) in [4.78, 5) is 11.3. The van der Waals surface area contributed by atoms with Crippen molar-refractivity contribution in [1.82, 2.24) is 0 Å². The third kappa shape index (κ3) is 3.65. The van der Waals surface area contributed by atoms with Crippen LogP contribution in [0.4, 0.5) is 0 Å². The number of ether oxygens (including phenoxy) is 2. The zero-order valence-corrected chi connectivity index (χ0v) is 12.2. The van der Waals surface area contributed by atoms with Gasteiger partial charge in [0.05, 0.1) is 17.7 Å². The average Bonchev–Trinajstić information content (AvgIpc) is 2.46. The van der Waals surface area contributed by atoms with Gasteiger partial charge in [-0.05, 0) is 35.9 Å². The number of hydrogen-bond donors (Lipinski definition) is 0. The first kappa shape index (κ1) is 14.7. The number of rotatable bonds is 4. The van der Waals surface area contributed by atoms with Crippen molar-refractivity contribution in [1.29, 1.82) is 0 Å². The van der Waals surface area contributed by atoms with Crippen LogP contribution in [0.5, 0.6) is 5.75 Å². The summed E-state index contributed by atoms with van der Waals surface area (Å²) in [6, 6.07) is 12.0. The summed E-state index contributed by atoms with van der Waals surface area (Å²) in [6.07, 6.45) is 0. The summed E-state index contributed by atoms with van der Waals surface area (Å²) in [5, 5.41) is 1.02. The molecule has 0 saturated carbocycles. The van der Waals surface area contributed by atoms with E-state index in [0.717, 1.165) is 5.56 Å². The standard InChI is InChI=1S/C15H12Cl2O3/c1-19-15(18)11-4-2-10(3-5-11)9-20-14-7-6-12(16)8-13(14)17/h2-8H,9H2,1H3. The number of halogens is 2. The van der Waals surface area contributed by atoms with E-state index >= 15 is 0 Å². The predicted molar refractivity (Wildman–Crippen MR) is 78.6 cm³/mol. The molecular formula is C15H12Cl2O3. The molecule has 0 unspecified atom stereocenters. The van der Waals surface area contributed by atoms with Gasteiger partial charge in [0.2, 0.25) is 0 Å². The molecule has 0 aliphatic rings. The molecule has 0 fully saturated rings. The van der Waals surface area contributed by atoms with Crippen molar-refractivity contribution in [3.05, 3.63) is 63.6 Å². The van der Waals surface area contributed by atoms with Gasteiger partial charge in [0, 0.05) is 5.02 Å². The summed E-state index contributed by atoms with van der Waals surface area (Å²) < 4.78 is 10.2. The molecule has 0 aromatic heterocycles. The highest BCUT2D eigenvalue weighted by atomic mass is 35.5. The zero-order chi connectivity index (χ0) is 14.5. The van der Waals surface area contributed by atoms with Crippen molar-refractivity contribution < 1.29 is 14.3 Å². The van der Waals surface area contributed by atoms with Gasteiger partial charge in [-0.25, -0.2) is 4.79 Å². The fourth-order valence-corrected chi connectivity index (χ4v) is 2.07. The smallest absolute Gasteiger partial charge is 0.337 e. The highest BCUT2D eigenvalue weighted by molar-refractivity contribution is 6.35. The monoisotopic (exact) mass is 310 g/mol. The molecule has 5 heteroatoms. The molecule has 2 aromatic rings. The van der Waals surface area contributed by atoms with Crippen LogP contribution in [0.1, 0.15) is 15.9 Å². The van der Waals surface area contributed by atoms with E-state index in [1.807, 2.05) is 0 Å². The fourth-order valence-electron chi connectivity index (χ4n) is 1.61. The molecule has 0 N–H and O–H groups in total. The van der Waals surface area contributed by atoms with E-state index in [-0.39, 0.29) is 5.97 Å². The molecule has 0 bridgehead atoms. The summed E-state index contributed by atoms with van der Waals surface area (Å²) in [6.45, 7) is 0.350. The lowest BCUT2D eigenvalue weighted by molar-refractivity contribution is 0.0600. The third-order valence-corrected chi connectivity index (χ3v) is 3.19. The van der Waals surface area contributed by atoms with E-state index in [1.165, 1.54) is 7.11 Å². The summed E-state index contributed by atoms with van der Waals surface area (Å²) >= 11 is 11.8. The first-order valence-corrected chi connectivity index (χ1v) is 6.61. The van der Waals surface area contributed by atoms with Gasteiger partial charge < -0.3 is 9.47 Å². The number of methoxy groups -OCH3 is 1. The lowest BCUT2D eigenvalue weighted by Crippen LogP contribution is -2.02. The van der Waals surface area contributed by atoms with Crippen LogP contribution in [-0.2, 0) is 11.3 Å². The first-order valence-electron chi connectivity index (χ1n) is 5.85. The average molecular weight is 311 g/mol. The highest BCUT2D eigenvalue weighted by Gasteiger charge is 2.06. The predicted octanol–water partition coefficient (Wildman–Crippen LogP) is 4.36. The van der Waals surface area contributed by atoms with Crippen LogP contribution in [0.3, 0.4) is 0 Å². The van der Waals surface area contributed by atoms with Crippen LogP contribution in [0.25, 0.3) is 0 Å². The number of carbonyl (C=O) groups excluding carboxylic acids is 1. The number of benzene rings is 2. The second-order valence-electron chi connectivity index (χ2n) is 4.05. The van der Waals surface area contributed by atoms with Crippen LogP contribution < -0.4 is 4.74 Å². The molecule has 3 nitrogen and oxygen atoms in total. The summed E-state index contributed by atoms with van der Waals surface area (Å²) in [5.74, 6) is 0.200. The molecule has 0 radical (unpaired) electrons. The highest BCUT2D eigenvalue weighted by Crippen LogP contribution is 2.28. The summed E-state index contributed by atoms with van der Waals surface area (Å²) in [5.41, 5.74) is 1.42. The third-order valence-electron chi connectivity index (χ3n) is 2.66. The van der Waals surface area contributed by atoms with Gasteiger partial charge in [0.15, 0.2) is 0 Å². The molecular weight excluding hydrogens is 299 g/mol. The molecule has 2 aromatic carbocycles. The van der Waals surface area contributed by atoms with E-state index < -0.39 is 0 Å². The second-order valence-corrected chi connectivity index (χ2v) is 4.90. The maximum atomic E-state index is 11.3. The van der Waals surface area contributed by atoms with Crippen molar-refractivity contribution in [3.63, 3.8) is 0 Å². The maximum absolute atomic E-state index is 11.3. The molecule has 104 valence electrons. The van der Waals surface area contributed by atoms with Crippen molar-refractivity contribution >= 4 is 29.2 Å². The lowest BCUT2D eigenvalue weighted by atomic mass is 10.1. The van der Waals surface area contributed by atoms with Gasteiger partial charge in [-0.15, -0.1) is 0 Å². The number of hydrogen-bond acceptors (Lipinski definition) is 3. The Morgan fingerprint density at radius 3 is 2.40 bits per heavy atom. The van der Waals surface area contributed by atoms with Crippen LogP contribution in [-0.4, -0.2) is 13.1 Å². The second kappa shape index (κ2) is 6.64. The minimum atomic E-state index is -0.363.